The largest absolute Gasteiger partial charge is 0.369 e. The van der Waals surface area contributed by atoms with E-state index in [2.05, 4.69) is 36.3 Å². The van der Waals surface area contributed by atoms with E-state index < -0.39 is 12.7 Å². The zero-order chi connectivity index (χ0) is 20.9. The number of halogens is 1. The number of carbonyl (C=O) groups is 1. The molecule has 4 aromatic rings. The number of aryl methyl sites for hydroxylation is 1. The fourth-order valence-electron chi connectivity index (χ4n) is 2.93. The smallest absolute Gasteiger partial charge is 0.325 e. The molecule has 0 saturated carbocycles. The van der Waals surface area contributed by atoms with E-state index in [9.17, 15) is 9.18 Å². The number of nitrogens with one attached hydrogen (secondary N) is 3. The van der Waals surface area contributed by atoms with Crippen molar-refractivity contribution in [2.24, 2.45) is 0 Å². The first-order valence-corrected chi connectivity index (χ1v) is 10.9. The van der Waals surface area contributed by atoms with Crippen LogP contribution < -0.4 is 16.0 Å². The molecule has 0 aliphatic rings. The minimum absolute atomic E-state index is 0.415. The van der Waals surface area contributed by atoms with Gasteiger partial charge in [-0.1, -0.05) is 12.1 Å². The summed E-state index contributed by atoms with van der Waals surface area (Å²) < 4.78 is 12.7. The molecule has 0 aliphatic carbocycles. The van der Waals surface area contributed by atoms with E-state index in [0.717, 1.165) is 32.9 Å². The SMILES string of the molecule is Cc1csc2ncnc(NCCc3cnc(NC(=O)Nc4cccc(CF)c4)s3)c12. The van der Waals surface area contributed by atoms with Crippen LogP contribution in [0.3, 0.4) is 0 Å². The van der Waals surface area contributed by atoms with Gasteiger partial charge in [0.2, 0.25) is 0 Å². The van der Waals surface area contributed by atoms with Gasteiger partial charge in [-0.15, -0.1) is 22.7 Å². The molecular formula is C20H19FN6OS2. The Hall–Kier alpha value is -3.11. The molecule has 0 aliphatic heterocycles. The van der Waals surface area contributed by atoms with Gasteiger partial charge in [-0.3, -0.25) is 5.32 Å². The molecule has 154 valence electrons. The Bertz CT molecular complexity index is 1180. The lowest BCUT2D eigenvalue weighted by atomic mass is 10.2. The Kier molecular flexibility index (Phi) is 6.15. The fourth-order valence-corrected chi connectivity index (χ4v) is 4.62. The monoisotopic (exact) mass is 442 g/mol. The molecule has 0 bridgehead atoms. The second kappa shape index (κ2) is 9.14. The van der Waals surface area contributed by atoms with Crippen LogP contribution in [0.15, 0.2) is 42.2 Å². The quantitative estimate of drug-likeness (QED) is 0.365. The number of rotatable bonds is 7. The fraction of sp³-hybridized carbons (Fsp3) is 0.200. The number of urea groups is 1. The number of hydrogen-bond acceptors (Lipinski definition) is 7. The summed E-state index contributed by atoms with van der Waals surface area (Å²) in [4.78, 5) is 27.0. The van der Waals surface area contributed by atoms with E-state index in [-0.39, 0.29) is 0 Å². The lowest BCUT2D eigenvalue weighted by molar-refractivity contribution is 0.262. The number of thiophene rings is 1. The van der Waals surface area contributed by atoms with Gasteiger partial charge in [-0.05, 0) is 35.6 Å². The van der Waals surface area contributed by atoms with Crippen molar-refractivity contribution >= 4 is 55.6 Å². The number of carbonyl (C=O) groups excluding carboxylic acids is 1. The summed E-state index contributed by atoms with van der Waals surface area (Å²) in [6.07, 6.45) is 4.06. The topological polar surface area (TPSA) is 91.8 Å². The van der Waals surface area contributed by atoms with Crippen LogP contribution in [0.5, 0.6) is 0 Å². The van der Waals surface area contributed by atoms with E-state index in [1.807, 2.05) is 6.92 Å². The van der Waals surface area contributed by atoms with E-state index in [1.165, 1.54) is 11.3 Å². The van der Waals surface area contributed by atoms with Gasteiger partial charge in [0.05, 0.1) is 5.39 Å². The van der Waals surface area contributed by atoms with Crippen molar-refractivity contribution in [1.29, 1.82) is 0 Å². The zero-order valence-electron chi connectivity index (χ0n) is 16.1. The zero-order valence-corrected chi connectivity index (χ0v) is 17.7. The van der Waals surface area contributed by atoms with Gasteiger partial charge in [0.1, 0.15) is 23.7 Å². The molecule has 0 radical (unpaired) electrons. The van der Waals surface area contributed by atoms with Crippen LogP contribution in [0.25, 0.3) is 10.2 Å². The summed E-state index contributed by atoms with van der Waals surface area (Å²) in [6.45, 7) is 2.16. The van der Waals surface area contributed by atoms with Crippen molar-refractivity contribution in [3.63, 3.8) is 0 Å². The summed E-state index contributed by atoms with van der Waals surface area (Å²) in [7, 11) is 0. The lowest BCUT2D eigenvalue weighted by Crippen LogP contribution is -2.19. The molecule has 1 aromatic carbocycles. The van der Waals surface area contributed by atoms with Crippen molar-refractivity contribution in [3.8, 4) is 0 Å². The number of aromatic nitrogens is 3. The molecule has 0 saturated heterocycles. The summed E-state index contributed by atoms with van der Waals surface area (Å²) >= 11 is 3.01. The van der Waals surface area contributed by atoms with Gasteiger partial charge in [0, 0.05) is 29.7 Å². The first-order chi connectivity index (χ1) is 14.6. The second-order valence-corrected chi connectivity index (χ2v) is 8.52. The predicted molar refractivity (Wildman–Crippen MR) is 120 cm³/mol. The minimum Gasteiger partial charge on any atom is -0.369 e. The maximum absolute atomic E-state index is 12.7. The first kappa shape index (κ1) is 20.2. The maximum atomic E-state index is 12.7. The van der Waals surface area contributed by atoms with Gasteiger partial charge in [0.15, 0.2) is 5.13 Å². The van der Waals surface area contributed by atoms with Crippen LogP contribution in [0.2, 0.25) is 0 Å². The van der Waals surface area contributed by atoms with E-state index in [4.69, 9.17) is 0 Å². The van der Waals surface area contributed by atoms with Crippen LogP contribution in [0, 0.1) is 6.92 Å². The van der Waals surface area contributed by atoms with Crippen LogP contribution in [0.4, 0.5) is 25.8 Å². The molecular weight excluding hydrogens is 423 g/mol. The Morgan fingerprint density at radius 3 is 2.97 bits per heavy atom. The Morgan fingerprint density at radius 1 is 1.20 bits per heavy atom. The third-order valence-corrected chi connectivity index (χ3v) is 6.31. The summed E-state index contributed by atoms with van der Waals surface area (Å²) in [5.41, 5.74) is 2.20. The van der Waals surface area contributed by atoms with Gasteiger partial charge >= 0.3 is 6.03 Å². The third kappa shape index (κ3) is 4.71. The van der Waals surface area contributed by atoms with Crippen molar-refractivity contribution in [3.05, 3.63) is 58.2 Å². The van der Waals surface area contributed by atoms with Crippen LogP contribution in [-0.2, 0) is 13.1 Å². The van der Waals surface area contributed by atoms with Crippen molar-refractivity contribution < 1.29 is 9.18 Å². The number of hydrogen-bond donors (Lipinski definition) is 3. The number of alkyl halides is 1. The highest BCUT2D eigenvalue weighted by Gasteiger charge is 2.10. The van der Waals surface area contributed by atoms with E-state index >= 15 is 0 Å². The molecule has 3 N–H and O–H groups in total. The Balaban J connectivity index is 1.30. The number of fused-ring (bicyclic) bond motifs is 1. The predicted octanol–water partition coefficient (Wildman–Crippen LogP) is 5.22. The highest BCUT2D eigenvalue weighted by atomic mass is 32.1. The molecule has 10 heteroatoms. The molecule has 4 rings (SSSR count). The van der Waals surface area contributed by atoms with Crippen molar-refractivity contribution in [2.45, 2.75) is 20.0 Å². The number of thiazole rings is 1. The average molecular weight is 443 g/mol. The summed E-state index contributed by atoms with van der Waals surface area (Å²) in [5, 5.41) is 12.4. The highest BCUT2D eigenvalue weighted by Crippen LogP contribution is 2.28. The summed E-state index contributed by atoms with van der Waals surface area (Å²) in [6, 6.07) is 6.24. The van der Waals surface area contributed by atoms with Gasteiger partial charge < -0.3 is 10.6 Å². The molecule has 0 fully saturated rings. The maximum Gasteiger partial charge on any atom is 0.325 e. The number of nitrogens with zero attached hydrogens (tertiary/aromatic N) is 3. The summed E-state index contributed by atoms with van der Waals surface area (Å²) in [5.74, 6) is 0.830. The van der Waals surface area contributed by atoms with E-state index in [0.29, 0.717) is 22.9 Å². The molecule has 3 heterocycles. The molecule has 30 heavy (non-hydrogen) atoms. The Morgan fingerprint density at radius 2 is 2.10 bits per heavy atom. The Labute approximate surface area is 180 Å². The molecule has 0 unspecified atom stereocenters. The van der Waals surface area contributed by atoms with Crippen LogP contribution in [0.1, 0.15) is 16.0 Å². The standard InChI is InChI=1S/C20H19FN6OS2/c1-12-10-29-18-16(12)17(24-11-25-18)22-6-5-15-9-23-20(30-15)27-19(28)26-14-4-2-3-13(7-14)8-21/h2-4,7,9-11H,5-6,8H2,1H3,(H,22,24,25)(H2,23,26,27,28). The molecule has 0 atom stereocenters. The number of benzene rings is 1. The van der Waals surface area contributed by atoms with Gasteiger partial charge in [-0.2, -0.15) is 0 Å². The molecule has 3 aromatic heterocycles. The minimum atomic E-state index is -0.576. The molecule has 7 nitrogen and oxygen atoms in total. The molecule has 2 amide bonds. The van der Waals surface area contributed by atoms with Crippen molar-refractivity contribution in [1.82, 2.24) is 15.0 Å². The normalized spacial score (nSPS) is 10.9. The lowest BCUT2D eigenvalue weighted by Gasteiger charge is -2.06. The first-order valence-electron chi connectivity index (χ1n) is 9.22. The van der Waals surface area contributed by atoms with E-state index in [1.54, 1.807) is 48.1 Å². The van der Waals surface area contributed by atoms with Crippen LogP contribution in [-0.4, -0.2) is 27.5 Å². The van der Waals surface area contributed by atoms with Gasteiger partial charge in [0.25, 0.3) is 0 Å². The number of anilines is 3. The van der Waals surface area contributed by atoms with Crippen molar-refractivity contribution in [2.75, 3.05) is 22.5 Å². The number of amides is 2. The van der Waals surface area contributed by atoms with Gasteiger partial charge in [-0.25, -0.2) is 24.1 Å². The second-order valence-electron chi connectivity index (χ2n) is 6.54. The third-order valence-electron chi connectivity index (χ3n) is 4.33. The highest BCUT2D eigenvalue weighted by molar-refractivity contribution is 7.17. The average Bonchev–Trinajstić information content (AvgIpc) is 3.35. The van der Waals surface area contributed by atoms with Crippen LogP contribution >= 0.6 is 22.7 Å². The molecule has 0 spiro atoms.